The van der Waals surface area contributed by atoms with Crippen molar-refractivity contribution in [1.29, 1.82) is 0 Å². The standard InChI is InChI=1S/C29H22F2N6O4/c1-3-36(17-9-11-22-23(13-17)41-29(30,31)40-22)24(38)14-37-28(39)27-26(32-15-33-27)25(34-37)16-8-10-21-19(12-16)18-6-4-5-7-20(18)35(21)2/h4-13,15H,3,14H2,1-2H3,(H,32,33). The van der Waals surface area contributed by atoms with E-state index in [2.05, 4.69) is 41.2 Å². The summed E-state index contributed by atoms with van der Waals surface area (Å²) in [5.74, 6) is -0.779. The molecule has 12 heteroatoms. The first-order valence-electron chi connectivity index (χ1n) is 12.9. The number of aryl methyl sites for hydroxylation is 1. The monoisotopic (exact) mass is 556 g/mol. The van der Waals surface area contributed by atoms with Crippen molar-refractivity contribution in [2.75, 3.05) is 11.4 Å². The number of benzene rings is 3. The predicted octanol–water partition coefficient (Wildman–Crippen LogP) is 4.81. The number of amides is 1. The van der Waals surface area contributed by atoms with E-state index in [1.165, 1.54) is 29.4 Å². The maximum Gasteiger partial charge on any atom is 0.586 e. The van der Waals surface area contributed by atoms with E-state index >= 15 is 0 Å². The number of hydrogen-bond acceptors (Lipinski definition) is 6. The highest BCUT2D eigenvalue weighted by Gasteiger charge is 2.43. The van der Waals surface area contributed by atoms with Gasteiger partial charge in [0.15, 0.2) is 11.5 Å². The summed E-state index contributed by atoms with van der Waals surface area (Å²) in [7, 11) is 2.01. The number of imidazole rings is 1. The minimum absolute atomic E-state index is 0.127. The van der Waals surface area contributed by atoms with Gasteiger partial charge in [-0.3, -0.25) is 9.59 Å². The van der Waals surface area contributed by atoms with Gasteiger partial charge in [-0.15, -0.1) is 8.78 Å². The number of aromatic amines is 1. The highest BCUT2D eigenvalue weighted by atomic mass is 19.3. The van der Waals surface area contributed by atoms with Crippen LogP contribution in [0.2, 0.25) is 0 Å². The van der Waals surface area contributed by atoms with Crippen LogP contribution in [0.25, 0.3) is 44.1 Å². The van der Waals surface area contributed by atoms with Crippen molar-refractivity contribution in [2.45, 2.75) is 19.8 Å². The average molecular weight is 557 g/mol. The summed E-state index contributed by atoms with van der Waals surface area (Å²) in [6.07, 6.45) is -2.36. The summed E-state index contributed by atoms with van der Waals surface area (Å²) < 4.78 is 39.2. The second-order valence-corrected chi connectivity index (χ2v) is 9.68. The van der Waals surface area contributed by atoms with Gasteiger partial charge in [-0.1, -0.05) is 24.3 Å². The Hall–Kier alpha value is -5.26. The molecule has 3 aromatic heterocycles. The van der Waals surface area contributed by atoms with Gasteiger partial charge in [0.2, 0.25) is 5.91 Å². The molecule has 7 rings (SSSR count). The van der Waals surface area contributed by atoms with Gasteiger partial charge >= 0.3 is 6.29 Å². The number of alkyl halides is 2. The number of H-pyrrole nitrogens is 1. The minimum Gasteiger partial charge on any atom is -0.395 e. The van der Waals surface area contributed by atoms with E-state index in [-0.39, 0.29) is 23.6 Å². The second kappa shape index (κ2) is 8.88. The normalized spacial score (nSPS) is 13.9. The lowest BCUT2D eigenvalue weighted by molar-refractivity contribution is -0.286. The lowest BCUT2D eigenvalue weighted by atomic mass is 10.1. The number of rotatable bonds is 5. The Morgan fingerprint density at radius 3 is 2.63 bits per heavy atom. The van der Waals surface area contributed by atoms with Gasteiger partial charge in [-0.25, -0.2) is 9.67 Å². The number of likely N-dealkylation sites (N-methyl/N-ethyl adjacent to an activating group) is 1. The van der Waals surface area contributed by atoms with E-state index in [0.29, 0.717) is 16.9 Å². The van der Waals surface area contributed by atoms with Gasteiger partial charge in [-0.05, 0) is 37.3 Å². The summed E-state index contributed by atoms with van der Waals surface area (Å²) in [6.45, 7) is 1.55. The topological polar surface area (TPSA) is 107 Å². The van der Waals surface area contributed by atoms with Crippen molar-refractivity contribution < 1.29 is 23.0 Å². The zero-order chi connectivity index (χ0) is 28.5. The molecule has 0 unspecified atom stereocenters. The number of anilines is 1. The molecule has 1 N–H and O–H groups in total. The van der Waals surface area contributed by atoms with Gasteiger partial charge in [0.25, 0.3) is 5.56 Å². The fourth-order valence-corrected chi connectivity index (χ4v) is 5.42. The summed E-state index contributed by atoms with van der Waals surface area (Å²) in [5, 5.41) is 6.68. The first-order chi connectivity index (χ1) is 19.7. The molecule has 0 spiro atoms. The van der Waals surface area contributed by atoms with Crippen LogP contribution < -0.4 is 19.9 Å². The van der Waals surface area contributed by atoms with E-state index in [4.69, 9.17) is 0 Å². The van der Waals surface area contributed by atoms with Gasteiger partial charge in [0, 0.05) is 52.7 Å². The molecular formula is C29H22F2N6O4. The van der Waals surface area contributed by atoms with Crippen LogP contribution in [0.1, 0.15) is 6.92 Å². The predicted molar refractivity (Wildman–Crippen MR) is 148 cm³/mol. The number of para-hydroxylation sites is 1. The molecule has 0 atom stereocenters. The minimum atomic E-state index is -3.77. The summed E-state index contributed by atoms with van der Waals surface area (Å²) in [5.41, 5.74) is 3.71. The first kappa shape index (κ1) is 24.8. The van der Waals surface area contributed by atoms with Crippen LogP contribution in [0.5, 0.6) is 11.5 Å². The van der Waals surface area contributed by atoms with Crippen molar-refractivity contribution >= 4 is 44.4 Å². The molecule has 1 aliphatic rings. The van der Waals surface area contributed by atoms with Crippen LogP contribution in [0.3, 0.4) is 0 Å². The quantitative estimate of drug-likeness (QED) is 0.327. The highest BCUT2D eigenvalue weighted by molar-refractivity contribution is 6.09. The maximum absolute atomic E-state index is 13.5. The number of carbonyl (C=O) groups excluding carboxylic acids is 1. The van der Waals surface area contributed by atoms with Crippen LogP contribution in [0.4, 0.5) is 14.5 Å². The van der Waals surface area contributed by atoms with E-state index < -0.39 is 24.3 Å². The third-order valence-corrected chi connectivity index (χ3v) is 7.32. The SMILES string of the molecule is CCN(C(=O)Cn1nc(-c2ccc3c(c2)c2ccccc2n3C)c2nc[nH]c2c1=O)c1ccc2c(c1)OC(F)(F)O2. The molecule has 0 saturated heterocycles. The van der Waals surface area contributed by atoms with Gasteiger partial charge in [-0.2, -0.15) is 5.10 Å². The summed E-state index contributed by atoms with van der Waals surface area (Å²) in [4.78, 5) is 35.3. The number of nitrogens with one attached hydrogen (secondary N) is 1. The third kappa shape index (κ3) is 3.90. The number of fused-ring (bicyclic) bond motifs is 5. The smallest absolute Gasteiger partial charge is 0.395 e. The Balaban J connectivity index is 1.28. The van der Waals surface area contributed by atoms with Crippen LogP contribution in [-0.4, -0.2) is 43.1 Å². The van der Waals surface area contributed by atoms with Crippen molar-refractivity contribution in [1.82, 2.24) is 24.3 Å². The number of carbonyl (C=O) groups is 1. The fraction of sp³-hybridized carbons (Fsp3) is 0.172. The van der Waals surface area contributed by atoms with Crippen molar-refractivity contribution in [2.24, 2.45) is 7.05 Å². The molecular weight excluding hydrogens is 534 g/mol. The Kier molecular flexibility index (Phi) is 5.36. The fourth-order valence-electron chi connectivity index (χ4n) is 5.42. The molecule has 206 valence electrons. The number of hydrogen-bond donors (Lipinski definition) is 1. The average Bonchev–Trinajstić information content (AvgIpc) is 3.64. The lowest BCUT2D eigenvalue weighted by Gasteiger charge is -2.21. The Morgan fingerprint density at radius 1 is 1.02 bits per heavy atom. The molecule has 0 radical (unpaired) electrons. The zero-order valence-corrected chi connectivity index (χ0v) is 21.9. The summed E-state index contributed by atoms with van der Waals surface area (Å²) in [6, 6.07) is 18.1. The summed E-state index contributed by atoms with van der Waals surface area (Å²) >= 11 is 0. The van der Waals surface area contributed by atoms with Crippen molar-refractivity contribution in [3.05, 3.63) is 77.3 Å². The molecule has 10 nitrogen and oxygen atoms in total. The van der Waals surface area contributed by atoms with Gasteiger partial charge in [0.1, 0.15) is 23.3 Å². The Morgan fingerprint density at radius 2 is 1.80 bits per heavy atom. The second-order valence-electron chi connectivity index (χ2n) is 9.68. The molecule has 41 heavy (non-hydrogen) atoms. The van der Waals surface area contributed by atoms with Crippen LogP contribution in [0, 0.1) is 0 Å². The van der Waals surface area contributed by atoms with E-state index in [0.717, 1.165) is 32.1 Å². The number of halogens is 2. The molecule has 6 aromatic rings. The van der Waals surface area contributed by atoms with Gasteiger partial charge < -0.3 is 23.9 Å². The molecule has 1 amide bonds. The number of aromatic nitrogens is 5. The number of nitrogens with zero attached hydrogens (tertiary/aromatic N) is 5. The zero-order valence-electron chi connectivity index (χ0n) is 21.9. The van der Waals surface area contributed by atoms with Crippen LogP contribution >= 0.6 is 0 Å². The van der Waals surface area contributed by atoms with Gasteiger partial charge in [0.05, 0.1) is 6.33 Å². The maximum atomic E-state index is 13.5. The van der Waals surface area contributed by atoms with E-state index in [1.54, 1.807) is 6.92 Å². The highest BCUT2D eigenvalue weighted by Crippen LogP contribution is 2.43. The first-order valence-corrected chi connectivity index (χ1v) is 12.9. The molecule has 0 aliphatic carbocycles. The Labute approximate surface area is 230 Å². The van der Waals surface area contributed by atoms with Crippen molar-refractivity contribution in [3.8, 4) is 22.8 Å². The van der Waals surface area contributed by atoms with E-state index in [1.807, 2.05) is 37.4 Å². The molecule has 3 aromatic carbocycles. The molecule has 0 fully saturated rings. The lowest BCUT2D eigenvalue weighted by Crippen LogP contribution is -2.37. The molecule has 4 heterocycles. The largest absolute Gasteiger partial charge is 0.586 e. The number of ether oxygens (including phenoxy) is 2. The Bertz CT molecular complexity index is 2080. The third-order valence-electron chi connectivity index (χ3n) is 7.32. The van der Waals surface area contributed by atoms with E-state index in [9.17, 15) is 18.4 Å². The molecule has 0 saturated carbocycles. The molecule has 1 aliphatic heterocycles. The van der Waals surface area contributed by atoms with Crippen LogP contribution in [-0.2, 0) is 18.4 Å². The van der Waals surface area contributed by atoms with Crippen molar-refractivity contribution in [3.63, 3.8) is 0 Å². The molecule has 0 bridgehead atoms. The van der Waals surface area contributed by atoms with Crippen LogP contribution in [0.15, 0.2) is 71.8 Å².